The summed E-state index contributed by atoms with van der Waals surface area (Å²) in [7, 11) is 0. The van der Waals surface area contributed by atoms with E-state index in [1.807, 2.05) is 0 Å². The topological polar surface area (TPSA) is 95.4 Å². The summed E-state index contributed by atoms with van der Waals surface area (Å²) in [6.45, 7) is 5.48. The average molecular weight is 531 g/mol. The van der Waals surface area contributed by atoms with Crippen molar-refractivity contribution in [2.75, 3.05) is 18.0 Å². The standard InChI is InChI=1S/C30H34N4O3S/c1-19-8-12-21(13-9-19)26-27(22-14-10-20(2)11-15-22)32-28-24(31-26)17-23(35)18-34(28)16-6-4-3-5-7-25-29(36)33-30(37)38-25/h8-15,23,25,35H,3-7,16-18H2,1-2H3,(H,33,36,37). The Labute approximate surface area is 228 Å². The van der Waals surface area contributed by atoms with Crippen molar-refractivity contribution in [1.29, 1.82) is 0 Å². The number of nitrogens with zero attached hydrogens (tertiary/aromatic N) is 3. The molecule has 2 N–H and O–H groups in total. The second-order valence-corrected chi connectivity index (χ2v) is 11.5. The highest BCUT2D eigenvalue weighted by molar-refractivity contribution is 8.15. The zero-order valence-electron chi connectivity index (χ0n) is 21.9. The Bertz CT molecular complexity index is 1310. The molecule has 1 fully saturated rings. The van der Waals surface area contributed by atoms with Crippen LogP contribution < -0.4 is 10.2 Å². The molecule has 0 saturated carbocycles. The Balaban J connectivity index is 1.32. The number of aliphatic hydroxyl groups excluding tert-OH is 1. The number of amides is 2. The summed E-state index contributed by atoms with van der Waals surface area (Å²) in [6, 6.07) is 16.7. The monoisotopic (exact) mass is 530 g/mol. The molecule has 2 unspecified atom stereocenters. The summed E-state index contributed by atoms with van der Waals surface area (Å²) in [5.74, 6) is 0.700. The number of anilines is 1. The third-order valence-electron chi connectivity index (χ3n) is 7.17. The highest BCUT2D eigenvalue weighted by atomic mass is 32.2. The average Bonchev–Trinajstić information content (AvgIpc) is 3.22. The molecule has 0 aliphatic carbocycles. The van der Waals surface area contributed by atoms with E-state index in [2.05, 4.69) is 72.6 Å². The van der Waals surface area contributed by atoms with Gasteiger partial charge in [-0.25, -0.2) is 9.97 Å². The normalized spacial score (nSPS) is 19.0. The van der Waals surface area contributed by atoms with E-state index >= 15 is 0 Å². The van der Waals surface area contributed by atoms with Crippen molar-refractivity contribution in [1.82, 2.24) is 15.3 Å². The fourth-order valence-electron chi connectivity index (χ4n) is 5.07. The number of hydrogen-bond acceptors (Lipinski definition) is 7. The Hall–Kier alpha value is -3.23. The van der Waals surface area contributed by atoms with Gasteiger partial charge in [-0.05, 0) is 26.7 Å². The summed E-state index contributed by atoms with van der Waals surface area (Å²) < 4.78 is 0. The van der Waals surface area contributed by atoms with Gasteiger partial charge < -0.3 is 10.0 Å². The summed E-state index contributed by atoms with van der Waals surface area (Å²) in [5.41, 5.74) is 6.97. The van der Waals surface area contributed by atoms with Crippen molar-refractivity contribution in [3.8, 4) is 22.5 Å². The summed E-state index contributed by atoms with van der Waals surface area (Å²) >= 11 is 1.10. The van der Waals surface area contributed by atoms with Crippen molar-refractivity contribution in [2.24, 2.45) is 0 Å². The molecule has 0 radical (unpaired) electrons. The van der Waals surface area contributed by atoms with E-state index < -0.39 is 6.10 Å². The number of benzene rings is 2. The van der Waals surface area contributed by atoms with Gasteiger partial charge in [0.2, 0.25) is 5.91 Å². The molecule has 3 heterocycles. The Morgan fingerprint density at radius 2 is 1.50 bits per heavy atom. The Kier molecular flexibility index (Phi) is 8.09. The van der Waals surface area contributed by atoms with E-state index in [1.54, 1.807) is 0 Å². The quantitative estimate of drug-likeness (QED) is 0.355. The van der Waals surface area contributed by atoms with E-state index in [-0.39, 0.29) is 16.4 Å². The van der Waals surface area contributed by atoms with Gasteiger partial charge in [0, 0.05) is 30.6 Å². The minimum Gasteiger partial charge on any atom is -0.391 e. The van der Waals surface area contributed by atoms with Crippen LogP contribution in [0.3, 0.4) is 0 Å². The zero-order valence-corrected chi connectivity index (χ0v) is 22.8. The Morgan fingerprint density at radius 1 is 0.895 bits per heavy atom. The highest BCUT2D eigenvalue weighted by Crippen LogP contribution is 2.35. The van der Waals surface area contributed by atoms with Gasteiger partial charge in [0.05, 0.1) is 28.4 Å². The maximum atomic E-state index is 11.7. The number of carbonyl (C=O) groups excluding carboxylic acids is 2. The van der Waals surface area contributed by atoms with Crippen LogP contribution in [0.25, 0.3) is 22.5 Å². The van der Waals surface area contributed by atoms with Crippen LogP contribution in [-0.4, -0.2) is 50.7 Å². The van der Waals surface area contributed by atoms with Crippen molar-refractivity contribution < 1.29 is 14.7 Å². The molecule has 198 valence electrons. The van der Waals surface area contributed by atoms with Crippen LogP contribution in [0.1, 0.15) is 48.9 Å². The van der Waals surface area contributed by atoms with Crippen LogP contribution in [0.15, 0.2) is 48.5 Å². The molecule has 38 heavy (non-hydrogen) atoms. The summed E-state index contributed by atoms with van der Waals surface area (Å²) in [6.07, 6.45) is 4.60. The lowest BCUT2D eigenvalue weighted by molar-refractivity contribution is -0.119. The molecule has 2 aromatic carbocycles. The van der Waals surface area contributed by atoms with Gasteiger partial charge in [-0.1, -0.05) is 90.7 Å². The predicted octanol–water partition coefficient (Wildman–Crippen LogP) is 5.45. The SMILES string of the molecule is Cc1ccc(-c2nc3c(nc2-c2ccc(C)cc2)N(CCCCCCC2SC(=O)NC2=O)CC(O)C3)cc1. The number of nitrogens with one attached hydrogen (secondary N) is 1. The number of thioether (sulfide) groups is 1. The minimum absolute atomic E-state index is 0.160. The lowest BCUT2D eigenvalue weighted by Gasteiger charge is -2.33. The molecule has 5 rings (SSSR count). The molecule has 3 aromatic rings. The lowest BCUT2D eigenvalue weighted by Crippen LogP contribution is -2.40. The van der Waals surface area contributed by atoms with Gasteiger partial charge in [0.15, 0.2) is 5.82 Å². The van der Waals surface area contributed by atoms with Crippen LogP contribution in [-0.2, 0) is 11.2 Å². The fourth-order valence-corrected chi connectivity index (χ4v) is 5.94. The number of fused-ring (bicyclic) bond motifs is 1. The number of aliphatic hydroxyl groups is 1. The van der Waals surface area contributed by atoms with Gasteiger partial charge in [-0.3, -0.25) is 14.9 Å². The Morgan fingerprint density at radius 3 is 2.11 bits per heavy atom. The van der Waals surface area contributed by atoms with Crippen molar-refractivity contribution in [2.45, 2.75) is 63.7 Å². The molecule has 7 nitrogen and oxygen atoms in total. The molecule has 2 amide bonds. The zero-order chi connectivity index (χ0) is 26.6. The van der Waals surface area contributed by atoms with Crippen molar-refractivity contribution in [3.05, 3.63) is 65.4 Å². The van der Waals surface area contributed by atoms with E-state index in [1.165, 1.54) is 11.1 Å². The molecule has 0 bridgehead atoms. The first kappa shape index (κ1) is 26.4. The number of unbranched alkanes of at least 4 members (excludes halogenated alkanes) is 3. The third kappa shape index (κ3) is 6.08. The number of β-amino-alcohol motifs (C(OH)–C–C–N with tert-alkyl or cyclic N) is 1. The van der Waals surface area contributed by atoms with Gasteiger partial charge in [0.1, 0.15) is 0 Å². The molecular formula is C30H34N4O3S. The first-order valence-corrected chi connectivity index (χ1v) is 14.2. The molecular weight excluding hydrogens is 496 g/mol. The van der Waals surface area contributed by atoms with Crippen molar-refractivity contribution in [3.63, 3.8) is 0 Å². The van der Waals surface area contributed by atoms with E-state index in [4.69, 9.17) is 9.97 Å². The van der Waals surface area contributed by atoms with Crippen LogP contribution >= 0.6 is 11.8 Å². The van der Waals surface area contributed by atoms with Crippen LogP contribution in [0.4, 0.5) is 10.6 Å². The predicted molar refractivity (Wildman–Crippen MR) is 152 cm³/mol. The first-order valence-electron chi connectivity index (χ1n) is 13.4. The van der Waals surface area contributed by atoms with Crippen LogP contribution in [0, 0.1) is 13.8 Å². The fraction of sp³-hybridized carbons (Fsp3) is 0.400. The number of aryl methyl sites for hydroxylation is 2. The maximum Gasteiger partial charge on any atom is 0.286 e. The van der Waals surface area contributed by atoms with Crippen LogP contribution in [0.5, 0.6) is 0 Å². The van der Waals surface area contributed by atoms with Gasteiger partial charge in [0.25, 0.3) is 5.24 Å². The van der Waals surface area contributed by atoms with Gasteiger partial charge >= 0.3 is 0 Å². The molecule has 0 spiro atoms. The summed E-state index contributed by atoms with van der Waals surface area (Å²) in [5, 5.41) is 12.5. The number of rotatable bonds is 9. The number of aromatic nitrogens is 2. The summed E-state index contributed by atoms with van der Waals surface area (Å²) in [4.78, 5) is 35.5. The number of hydrogen-bond donors (Lipinski definition) is 2. The second kappa shape index (κ2) is 11.7. The first-order chi connectivity index (χ1) is 18.4. The van der Waals surface area contributed by atoms with Crippen LogP contribution in [0.2, 0.25) is 0 Å². The molecule has 1 saturated heterocycles. The molecule has 2 aliphatic rings. The smallest absolute Gasteiger partial charge is 0.286 e. The molecule has 2 atom stereocenters. The van der Waals surface area contributed by atoms with E-state index in [0.29, 0.717) is 13.0 Å². The van der Waals surface area contributed by atoms with E-state index in [0.717, 1.165) is 84.4 Å². The minimum atomic E-state index is -0.483. The van der Waals surface area contributed by atoms with Gasteiger partial charge in [-0.2, -0.15) is 0 Å². The molecule has 8 heteroatoms. The lowest BCUT2D eigenvalue weighted by atomic mass is 10.00. The second-order valence-electron chi connectivity index (χ2n) is 10.3. The van der Waals surface area contributed by atoms with Crippen molar-refractivity contribution >= 4 is 28.7 Å². The largest absolute Gasteiger partial charge is 0.391 e. The number of imide groups is 1. The molecule has 2 aliphatic heterocycles. The third-order valence-corrected chi connectivity index (χ3v) is 8.22. The van der Waals surface area contributed by atoms with E-state index in [9.17, 15) is 14.7 Å². The maximum absolute atomic E-state index is 11.7. The molecule has 1 aromatic heterocycles. The number of carbonyl (C=O) groups is 2. The highest BCUT2D eigenvalue weighted by Gasteiger charge is 2.31. The van der Waals surface area contributed by atoms with Gasteiger partial charge in [-0.15, -0.1) is 0 Å².